The second-order valence-corrected chi connectivity index (χ2v) is 13.1. The quantitative estimate of drug-likeness (QED) is 0.117. The first-order chi connectivity index (χ1) is 25.3. The van der Waals surface area contributed by atoms with Gasteiger partial charge >= 0.3 is 0 Å². The molecular formula is C41H49N9O3. The monoisotopic (exact) mass is 715 g/mol. The van der Waals surface area contributed by atoms with Gasteiger partial charge in [-0.05, 0) is 63.0 Å². The van der Waals surface area contributed by atoms with Crippen molar-refractivity contribution in [2.45, 2.75) is 60.5 Å². The smallest absolute Gasteiger partial charge is 0.245 e. The lowest BCUT2D eigenvalue weighted by Gasteiger charge is -2.28. The molecule has 1 aliphatic rings. The molecule has 1 atom stereocenters. The number of aryl methyl sites for hydroxylation is 1. The van der Waals surface area contributed by atoms with Crippen molar-refractivity contribution < 1.29 is 14.3 Å². The molecule has 7 rings (SSSR count). The van der Waals surface area contributed by atoms with Gasteiger partial charge in [-0.3, -0.25) is 23.8 Å². The van der Waals surface area contributed by atoms with Gasteiger partial charge in [0.1, 0.15) is 18.8 Å². The van der Waals surface area contributed by atoms with Gasteiger partial charge in [-0.1, -0.05) is 57.0 Å². The van der Waals surface area contributed by atoms with Crippen LogP contribution in [-0.2, 0) is 23.2 Å². The molecule has 12 heteroatoms. The summed E-state index contributed by atoms with van der Waals surface area (Å²) in [5.74, 6) is 6.81. The highest BCUT2D eigenvalue weighted by Crippen LogP contribution is 2.25. The first-order valence-electron chi connectivity index (χ1n) is 17.7. The summed E-state index contributed by atoms with van der Waals surface area (Å²) >= 11 is 0. The third kappa shape index (κ3) is 9.83. The van der Waals surface area contributed by atoms with Gasteiger partial charge in [0.2, 0.25) is 11.8 Å². The van der Waals surface area contributed by atoms with E-state index in [0.717, 1.165) is 58.6 Å². The molecule has 1 saturated heterocycles. The molecule has 2 aromatic carbocycles. The second kappa shape index (κ2) is 18.2. The summed E-state index contributed by atoms with van der Waals surface area (Å²) in [6.45, 7) is 9.42. The minimum atomic E-state index is -0.253. The fourth-order valence-electron chi connectivity index (χ4n) is 6.38. The van der Waals surface area contributed by atoms with Crippen molar-refractivity contribution in [1.82, 2.24) is 39.0 Å². The molecule has 0 radical (unpaired) electrons. The highest BCUT2D eigenvalue weighted by molar-refractivity contribution is 5.93. The maximum absolute atomic E-state index is 12.7. The topological polar surface area (TPSA) is 125 Å². The van der Waals surface area contributed by atoms with E-state index in [9.17, 15) is 9.59 Å². The van der Waals surface area contributed by atoms with Gasteiger partial charge in [-0.2, -0.15) is 14.9 Å². The van der Waals surface area contributed by atoms with E-state index in [0.29, 0.717) is 31.1 Å². The lowest BCUT2D eigenvalue weighted by atomic mass is 10.0. The van der Waals surface area contributed by atoms with Crippen LogP contribution in [0.5, 0.6) is 0 Å². The molecule has 12 nitrogen and oxygen atoms in total. The Morgan fingerprint density at radius 3 is 2.49 bits per heavy atom. The van der Waals surface area contributed by atoms with E-state index in [1.807, 2.05) is 77.0 Å². The van der Waals surface area contributed by atoms with E-state index < -0.39 is 0 Å². The molecule has 5 heterocycles. The van der Waals surface area contributed by atoms with Crippen LogP contribution in [0.15, 0.2) is 79.3 Å². The van der Waals surface area contributed by atoms with Crippen LogP contribution < -0.4 is 5.32 Å². The Morgan fingerprint density at radius 2 is 1.72 bits per heavy atom. The number of nitrogens with one attached hydrogen (secondary N) is 1. The summed E-state index contributed by atoms with van der Waals surface area (Å²) in [5, 5.41) is 12.8. The maximum atomic E-state index is 12.7. The van der Waals surface area contributed by atoms with Gasteiger partial charge in [0.05, 0.1) is 34.5 Å². The van der Waals surface area contributed by atoms with E-state index in [1.54, 1.807) is 25.5 Å². The molecule has 4 aromatic heterocycles. The van der Waals surface area contributed by atoms with E-state index >= 15 is 0 Å². The lowest BCUT2D eigenvalue weighted by Crippen LogP contribution is -2.34. The van der Waals surface area contributed by atoms with Crippen LogP contribution in [0, 0.1) is 17.8 Å². The number of imidazole rings is 1. The first-order valence-corrected chi connectivity index (χ1v) is 17.7. The van der Waals surface area contributed by atoms with Gasteiger partial charge < -0.3 is 15.0 Å². The molecule has 0 spiro atoms. The van der Waals surface area contributed by atoms with Crippen LogP contribution in [-0.4, -0.2) is 77.1 Å². The van der Waals surface area contributed by atoms with E-state index in [1.165, 1.54) is 30.9 Å². The number of carbonyl (C=O) groups is 2. The van der Waals surface area contributed by atoms with Crippen molar-refractivity contribution in [2.75, 3.05) is 31.6 Å². The van der Waals surface area contributed by atoms with Crippen LogP contribution in [0.25, 0.3) is 39.0 Å². The number of aromatic nitrogens is 7. The zero-order valence-electron chi connectivity index (χ0n) is 30.2. The van der Waals surface area contributed by atoms with Gasteiger partial charge in [-0.15, -0.1) is 5.92 Å². The number of likely N-dealkylation sites (tertiary alicyclic amines) is 1. The van der Waals surface area contributed by atoms with Crippen molar-refractivity contribution in [1.29, 1.82) is 0 Å². The average Bonchev–Trinajstić information content (AvgIpc) is 3.87. The Kier molecular flexibility index (Phi) is 13.3. The number of rotatable bonds is 10. The largest absolute Gasteiger partial charge is 0.363 e. The summed E-state index contributed by atoms with van der Waals surface area (Å²) in [6.07, 6.45) is 7.72. The molecule has 0 aliphatic carbocycles. The van der Waals surface area contributed by atoms with Crippen molar-refractivity contribution >= 4 is 39.6 Å². The number of hydrogen-bond donors (Lipinski definition) is 1. The highest BCUT2D eigenvalue weighted by Gasteiger charge is 2.19. The SMILES string of the molecule is C.CC#CCOCc1cc(-n2cnc3ccccc32)nn1C.CC(=O)n1nc(-c2cnc3ccccc3c2)cc1NC(=O)CC(C)CN1CCCCC1. The number of nitrogens with zero attached hydrogens (tertiary/aromatic N) is 8. The highest BCUT2D eigenvalue weighted by atomic mass is 16.5. The molecule has 1 fully saturated rings. The summed E-state index contributed by atoms with van der Waals surface area (Å²) in [4.78, 5) is 36.1. The standard InChI is InChI=1S/C24H29N5O2.C16H16N4O.CH4/c1-17(16-28-10-6-3-7-11-28)12-24(31)26-23-14-22(27-29(23)18(2)30)20-13-19-8-4-5-9-21(19)25-15-20;1-3-4-9-21-11-13-10-16(18-19(13)2)20-12-17-14-7-5-6-8-15(14)20;/h4-5,8-9,13-15,17H,3,6-7,10-12,16H2,1-2H3,(H,26,31);5-8,10,12H,9,11H2,1-2H3;1H4. The van der Waals surface area contributed by atoms with E-state index in [2.05, 4.69) is 49.1 Å². The van der Waals surface area contributed by atoms with Crippen LogP contribution in [0.2, 0.25) is 0 Å². The number of carbonyl (C=O) groups excluding carboxylic acids is 2. The minimum Gasteiger partial charge on any atom is -0.363 e. The van der Waals surface area contributed by atoms with E-state index in [-0.39, 0.29) is 25.2 Å². The second-order valence-electron chi connectivity index (χ2n) is 13.1. The third-order valence-electron chi connectivity index (χ3n) is 8.98. The fraction of sp³-hybridized carbons (Fsp3) is 0.366. The zero-order valence-corrected chi connectivity index (χ0v) is 30.2. The Labute approximate surface area is 311 Å². The predicted octanol–water partition coefficient (Wildman–Crippen LogP) is 7.14. The zero-order chi connectivity index (χ0) is 36.5. The summed E-state index contributed by atoms with van der Waals surface area (Å²) in [7, 11) is 1.91. The van der Waals surface area contributed by atoms with Gasteiger partial charge in [0.15, 0.2) is 5.82 Å². The summed E-state index contributed by atoms with van der Waals surface area (Å²) in [5.41, 5.74) is 5.30. The molecule has 0 saturated carbocycles. The number of benzene rings is 2. The summed E-state index contributed by atoms with van der Waals surface area (Å²) < 4.78 is 10.5. The molecule has 1 N–H and O–H groups in total. The molecule has 276 valence electrons. The van der Waals surface area contributed by atoms with Crippen LogP contribution in [0.1, 0.15) is 64.4 Å². The van der Waals surface area contributed by atoms with E-state index in [4.69, 9.17) is 4.74 Å². The first kappa shape index (κ1) is 38.6. The summed E-state index contributed by atoms with van der Waals surface area (Å²) in [6, 6.07) is 21.6. The van der Waals surface area contributed by atoms with Crippen molar-refractivity contribution in [3.63, 3.8) is 0 Å². The van der Waals surface area contributed by atoms with Crippen LogP contribution in [0.4, 0.5) is 5.82 Å². The minimum absolute atomic E-state index is 0. The Balaban J connectivity index is 0.000000215. The number of amides is 1. The number of hydrogen-bond acceptors (Lipinski definition) is 8. The molecule has 6 aromatic rings. The molecule has 53 heavy (non-hydrogen) atoms. The van der Waals surface area contributed by atoms with Crippen LogP contribution >= 0.6 is 0 Å². The molecule has 1 unspecified atom stereocenters. The lowest BCUT2D eigenvalue weighted by molar-refractivity contribution is -0.117. The number of anilines is 1. The van der Waals surface area contributed by atoms with Crippen molar-refractivity contribution in [3.8, 4) is 28.9 Å². The molecular weight excluding hydrogens is 667 g/mol. The fourth-order valence-corrected chi connectivity index (χ4v) is 6.38. The Morgan fingerprint density at radius 1 is 0.962 bits per heavy atom. The van der Waals surface area contributed by atoms with Gasteiger partial charge in [0, 0.05) is 56.2 Å². The number of piperidine rings is 1. The molecule has 1 aliphatic heterocycles. The van der Waals surface area contributed by atoms with Crippen LogP contribution in [0.3, 0.4) is 0 Å². The average molecular weight is 716 g/mol. The van der Waals surface area contributed by atoms with Crippen molar-refractivity contribution in [3.05, 3.63) is 84.9 Å². The number of pyridine rings is 1. The van der Waals surface area contributed by atoms with Gasteiger partial charge in [0.25, 0.3) is 0 Å². The predicted molar refractivity (Wildman–Crippen MR) is 210 cm³/mol. The molecule has 0 bridgehead atoms. The Hall–Kier alpha value is -5.64. The normalized spacial score (nSPS) is 13.4. The van der Waals surface area contributed by atoms with Crippen molar-refractivity contribution in [2.24, 2.45) is 13.0 Å². The third-order valence-corrected chi connectivity index (χ3v) is 8.98. The van der Waals surface area contributed by atoms with Gasteiger partial charge in [-0.25, -0.2) is 4.98 Å². The molecule has 1 amide bonds. The Bertz CT molecular complexity index is 2220. The number of para-hydroxylation sites is 3. The maximum Gasteiger partial charge on any atom is 0.245 e. The number of ether oxygens (including phenoxy) is 1. The number of fused-ring (bicyclic) bond motifs is 2.